The van der Waals surface area contributed by atoms with Gasteiger partial charge in [0.25, 0.3) is 0 Å². The van der Waals surface area contributed by atoms with Crippen LogP contribution in [0.1, 0.15) is 12.5 Å². The molecule has 1 saturated heterocycles. The molecule has 5 heteroatoms. The van der Waals surface area contributed by atoms with Gasteiger partial charge in [0.1, 0.15) is 24.1 Å². The van der Waals surface area contributed by atoms with Crippen molar-refractivity contribution in [1.82, 2.24) is 14.8 Å². The SMILES string of the molecule is C[C@H]1O[C@@]1(Cn1cncn1)c1ccccc1F. The standard InChI is InChI=1S/C12H12FN3O/c1-9-12(17-9,6-16-8-14-7-15-16)10-4-2-3-5-11(10)13/h2-5,7-9H,6H2,1H3/t9-,12-/m1/s1. The van der Waals surface area contributed by atoms with E-state index < -0.39 is 5.60 Å². The minimum absolute atomic E-state index is 0.0106. The summed E-state index contributed by atoms with van der Waals surface area (Å²) in [5.74, 6) is -0.239. The molecule has 0 unspecified atom stereocenters. The van der Waals surface area contributed by atoms with Gasteiger partial charge >= 0.3 is 0 Å². The Morgan fingerprint density at radius 3 is 2.82 bits per heavy atom. The highest BCUT2D eigenvalue weighted by Crippen LogP contribution is 2.48. The van der Waals surface area contributed by atoms with E-state index >= 15 is 0 Å². The maximum atomic E-state index is 13.8. The summed E-state index contributed by atoms with van der Waals surface area (Å²) in [5.41, 5.74) is -0.0121. The van der Waals surface area contributed by atoms with Crippen LogP contribution in [0.4, 0.5) is 4.39 Å². The van der Waals surface area contributed by atoms with Crippen LogP contribution in [0.2, 0.25) is 0 Å². The van der Waals surface area contributed by atoms with Gasteiger partial charge in [0.15, 0.2) is 0 Å². The van der Waals surface area contributed by atoms with Crippen molar-refractivity contribution in [2.24, 2.45) is 0 Å². The van der Waals surface area contributed by atoms with Gasteiger partial charge in [0.05, 0.1) is 12.6 Å². The molecule has 3 rings (SSSR count). The topological polar surface area (TPSA) is 43.2 Å². The summed E-state index contributed by atoms with van der Waals surface area (Å²) in [6, 6.07) is 6.70. The lowest BCUT2D eigenvalue weighted by atomic mass is 9.95. The molecule has 0 bridgehead atoms. The summed E-state index contributed by atoms with van der Waals surface area (Å²) in [4.78, 5) is 3.88. The van der Waals surface area contributed by atoms with Gasteiger partial charge in [-0.3, -0.25) is 0 Å². The predicted molar refractivity (Wildman–Crippen MR) is 58.6 cm³/mol. The molecule has 0 radical (unpaired) electrons. The number of nitrogens with zero attached hydrogens (tertiary/aromatic N) is 3. The lowest BCUT2D eigenvalue weighted by molar-refractivity contribution is 0.258. The first-order valence-corrected chi connectivity index (χ1v) is 5.47. The minimum atomic E-state index is -0.598. The zero-order valence-corrected chi connectivity index (χ0v) is 9.38. The number of aromatic nitrogens is 3. The molecule has 1 aliphatic rings. The first kappa shape index (κ1) is 10.4. The first-order valence-electron chi connectivity index (χ1n) is 5.47. The second kappa shape index (κ2) is 3.63. The molecule has 0 aliphatic carbocycles. The van der Waals surface area contributed by atoms with Gasteiger partial charge in [0.2, 0.25) is 0 Å². The number of rotatable bonds is 3. The highest BCUT2D eigenvalue weighted by molar-refractivity contribution is 5.30. The molecule has 2 atom stereocenters. The molecule has 88 valence electrons. The number of halogens is 1. The third-order valence-electron chi connectivity index (χ3n) is 3.18. The Hall–Kier alpha value is -1.75. The molecule has 1 aliphatic heterocycles. The zero-order chi connectivity index (χ0) is 11.9. The third-order valence-corrected chi connectivity index (χ3v) is 3.18. The van der Waals surface area contributed by atoms with Gasteiger partial charge in [0, 0.05) is 5.56 Å². The Labute approximate surface area is 98.0 Å². The van der Waals surface area contributed by atoms with E-state index in [1.807, 2.05) is 13.0 Å². The quantitative estimate of drug-likeness (QED) is 0.758. The molecule has 0 saturated carbocycles. The highest BCUT2D eigenvalue weighted by Gasteiger charge is 2.56. The summed E-state index contributed by atoms with van der Waals surface area (Å²) in [6.07, 6.45) is 3.06. The maximum absolute atomic E-state index is 13.8. The van der Waals surface area contributed by atoms with Gasteiger partial charge in [-0.05, 0) is 13.0 Å². The van der Waals surface area contributed by atoms with E-state index in [1.165, 1.54) is 12.4 Å². The van der Waals surface area contributed by atoms with Crippen LogP contribution in [-0.4, -0.2) is 20.9 Å². The predicted octanol–water partition coefficient (Wildman–Crippen LogP) is 1.73. The lowest BCUT2D eigenvalue weighted by Gasteiger charge is -2.13. The van der Waals surface area contributed by atoms with E-state index in [-0.39, 0.29) is 11.9 Å². The molecule has 17 heavy (non-hydrogen) atoms. The summed E-state index contributed by atoms with van der Waals surface area (Å²) in [5, 5.41) is 4.03. The van der Waals surface area contributed by atoms with E-state index in [9.17, 15) is 4.39 Å². The molecule has 0 spiro atoms. The Kier molecular flexibility index (Phi) is 2.22. The average molecular weight is 233 g/mol. The van der Waals surface area contributed by atoms with E-state index in [2.05, 4.69) is 10.1 Å². The number of hydrogen-bond donors (Lipinski definition) is 0. The largest absolute Gasteiger partial charge is 0.359 e. The van der Waals surface area contributed by atoms with Crippen LogP contribution in [-0.2, 0) is 16.9 Å². The van der Waals surface area contributed by atoms with Gasteiger partial charge in [-0.15, -0.1) is 0 Å². The van der Waals surface area contributed by atoms with Crippen LogP contribution < -0.4 is 0 Å². The molecule has 1 aromatic carbocycles. The highest BCUT2D eigenvalue weighted by atomic mass is 19.1. The number of ether oxygens (including phenoxy) is 1. The molecule has 2 heterocycles. The molecular weight excluding hydrogens is 221 g/mol. The van der Waals surface area contributed by atoms with Crippen LogP contribution in [0, 0.1) is 5.82 Å². The van der Waals surface area contributed by atoms with Crippen molar-refractivity contribution in [3.8, 4) is 0 Å². The zero-order valence-electron chi connectivity index (χ0n) is 9.38. The fourth-order valence-corrected chi connectivity index (χ4v) is 2.17. The number of benzene rings is 1. The van der Waals surface area contributed by atoms with Gasteiger partial charge < -0.3 is 4.74 Å². The summed E-state index contributed by atoms with van der Waals surface area (Å²) < 4.78 is 21.1. The Morgan fingerprint density at radius 1 is 1.47 bits per heavy atom. The van der Waals surface area contributed by atoms with Gasteiger partial charge in [-0.2, -0.15) is 5.10 Å². The van der Waals surface area contributed by atoms with Crippen LogP contribution in [0.25, 0.3) is 0 Å². The van der Waals surface area contributed by atoms with Crippen molar-refractivity contribution in [2.45, 2.75) is 25.2 Å². The number of epoxide rings is 1. The molecule has 1 aromatic heterocycles. The van der Waals surface area contributed by atoms with Gasteiger partial charge in [-0.25, -0.2) is 14.1 Å². The molecular formula is C12H12FN3O. The molecule has 4 nitrogen and oxygen atoms in total. The first-order chi connectivity index (χ1) is 8.22. The monoisotopic (exact) mass is 233 g/mol. The molecule has 0 amide bonds. The fraction of sp³-hybridized carbons (Fsp3) is 0.333. The van der Waals surface area contributed by atoms with Crippen molar-refractivity contribution >= 4 is 0 Å². The Balaban J connectivity index is 1.96. The number of hydrogen-bond acceptors (Lipinski definition) is 3. The molecule has 0 N–H and O–H groups in total. The summed E-state index contributed by atoms with van der Waals surface area (Å²) in [7, 11) is 0. The van der Waals surface area contributed by atoms with Crippen molar-refractivity contribution in [1.29, 1.82) is 0 Å². The van der Waals surface area contributed by atoms with Crippen LogP contribution in [0.15, 0.2) is 36.9 Å². The van der Waals surface area contributed by atoms with E-state index in [0.717, 1.165) is 0 Å². The van der Waals surface area contributed by atoms with E-state index in [0.29, 0.717) is 12.1 Å². The van der Waals surface area contributed by atoms with Gasteiger partial charge in [-0.1, -0.05) is 18.2 Å². The second-order valence-electron chi connectivity index (χ2n) is 4.22. The molecule has 1 fully saturated rings. The normalized spacial score (nSPS) is 27.1. The third kappa shape index (κ3) is 1.63. The lowest BCUT2D eigenvalue weighted by Crippen LogP contribution is -2.21. The summed E-state index contributed by atoms with van der Waals surface area (Å²) in [6.45, 7) is 2.42. The van der Waals surface area contributed by atoms with Crippen LogP contribution >= 0.6 is 0 Å². The van der Waals surface area contributed by atoms with Crippen LogP contribution in [0.3, 0.4) is 0 Å². The molecule has 2 aromatic rings. The van der Waals surface area contributed by atoms with E-state index in [4.69, 9.17) is 4.74 Å². The summed E-state index contributed by atoms with van der Waals surface area (Å²) >= 11 is 0. The second-order valence-corrected chi connectivity index (χ2v) is 4.22. The van der Waals surface area contributed by atoms with Crippen LogP contribution in [0.5, 0.6) is 0 Å². The van der Waals surface area contributed by atoms with Crippen molar-refractivity contribution < 1.29 is 9.13 Å². The Morgan fingerprint density at radius 2 is 2.24 bits per heavy atom. The van der Waals surface area contributed by atoms with E-state index in [1.54, 1.807) is 23.1 Å². The minimum Gasteiger partial charge on any atom is -0.359 e. The fourth-order valence-electron chi connectivity index (χ4n) is 2.17. The maximum Gasteiger partial charge on any atom is 0.142 e. The van der Waals surface area contributed by atoms with Crippen molar-refractivity contribution in [3.63, 3.8) is 0 Å². The smallest absolute Gasteiger partial charge is 0.142 e. The Bertz CT molecular complexity index is 528. The average Bonchev–Trinajstić information content (AvgIpc) is 2.76. The van der Waals surface area contributed by atoms with Crippen molar-refractivity contribution in [2.75, 3.05) is 0 Å². The van der Waals surface area contributed by atoms with Crippen molar-refractivity contribution in [3.05, 3.63) is 48.3 Å².